The molecule has 0 bridgehead atoms. The van der Waals surface area contributed by atoms with E-state index in [-0.39, 0.29) is 11.3 Å². The maximum atomic E-state index is 13.1. The van der Waals surface area contributed by atoms with Gasteiger partial charge in [0, 0.05) is 5.02 Å². The fraction of sp³-hybridized carbons (Fsp3) is 0.115. The zero-order valence-electron chi connectivity index (χ0n) is 18.5. The van der Waals surface area contributed by atoms with Crippen LogP contribution >= 0.6 is 11.6 Å². The van der Waals surface area contributed by atoms with E-state index in [4.69, 9.17) is 21.1 Å². The normalized spacial score (nSPS) is 14.9. The summed E-state index contributed by atoms with van der Waals surface area (Å²) in [6, 6.07) is 18.7. The number of nitrogens with zero attached hydrogens (tertiary/aromatic N) is 1. The van der Waals surface area contributed by atoms with Gasteiger partial charge in [-0.25, -0.2) is 9.69 Å². The van der Waals surface area contributed by atoms with E-state index < -0.39 is 17.8 Å². The van der Waals surface area contributed by atoms with Crippen molar-refractivity contribution in [3.05, 3.63) is 94.0 Å². The van der Waals surface area contributed by atoms with E-state index in [0.29, 0.717) is 28.7 Å². The van der Waals surface area contributed by atoms with Gasteiger partial charge in [-0.05, 0) is 54.0 Å². The summed E-state index contributed by atoms with van der Waals surface area (Å²) in [6.07, 6.45) is 1.40. The molecule has 1 saturated heterocycles. The van der Waals surface area contributed by atoms with E-state index in [9.17, 15) is 14.4 Å². The molecular formula is C26H21ClN2O5. The summed E-state index contributed by atoms with van der Waals surface area (Å²) < 4.78 is 11.3. The van der Waals surface area contributed by atoms with Gasteiger partial charge < -0.3 is 9.47 Å². The summed E-state index contributed by atoms with van der Waals surface area (Å²) in [6.45, 7) is 2.16. The molecule has 0 aliphatic carbocycles. The molecule has 172 valence electrons. The molecule has 8 heteroatoms. The fourth-order valence-electron chi connectivity index (χ4n) is 3.41. The number of benzene rings is 3. The molecule has 1 heterocycles. The third kappa shape index (κ3) is 4.79. The second-order valence-electron chi connectivity index (χ2n) is 7.58. The van der Waals surface area contributed by atoms with Crippen molar-refractivity contribution >= 4 is 41.2 Å². The van der Waals surface area contributed by atoms with E-state index in [1.165, 1.54) is 19.3 Å². The van der Waals surface area contributed by atoms with Crippen LogP contribution in [0.4, 0.5) is 10.5 Å². The van der Waals surface area contributed by atoms with E-state index in [1.54, 1.807) is 37.3 Å². The number of aryl methyl sites for hydroxylation is 1. The highest BCUT2D eigenvalue weighted by Crippen LogP contribution is 2.31. The molecule has 1 aliphatic rings. The average Bonchev–Trinajstić information content (AvgIpc) is 2.83. The molecule has 4 rings (SSSR count). The van der Waals surface area contributed by atoms with Gasteiger partial charge in [0.15, 0.2) is 11.5 Å². The van der Waals surface area contributed by atoms with Gasteiger partial charge in [0.05, 0.1) is 12.8 Å². The van der Waals surface area contributed by atoms with Gasteiger partial charge in [-0.15, -0.1) is 0 Å². The van der Waals surface area contributed by atoms with Crippen molar-refractivity contribution in [2.75, 3.05) is 12.0 Å². The topological polar surface area (TPSA) is 84.9 Å². The van der Waals surface area contributed by atoms with Crippen molar-refractivity contribution in [1.82, 2.24) is 5.32 Å². The molecule has 1 aliphatic heterocycles. The number of urea groups is 1. The Labute approximate surface area is 201 Å². The molecule has 1 fully saturated rings. The minimum atomic E-state index is -0.839. The lowest BCUT2D eigenvalue weighted by molar-refractivity contribution is -0.122. The number of halogens is 1. The lowest BCUT2D eigenvalue weighted by Gasteiger charge is -2.26. The predicted molar refractivity (Wildman–Crippen MR) is 129 cm³/mol. The average molecular weight is 477 g/mol. The second-order valence-corrected chi connectivity index (χ2v) is 7.98. The van der Waals surface area contributed by atoms with Crippen LogP contribution in [0.15, 0.2) is 72.3 Å². The Hall–Kier alpha value is -4.10. The van der Waals surface area contributed by atoms with Gasteiger partial charge in [-0.1, -0.05) is 54.1 Å². The fourth-order valence-corrected chi connectivity index (χ4v) is 3.58. The number of carbonyl (C=O) groups excluding carboxylic acids is 3. The number of hydrogen-bond donors (Lipinski definition) is 1. The number of imide groups is 2. The summed E-state index contributed by atoms with van der Waals surface area (Å²) in [7, 11) is 1.50. The van der Waals surface area contributed by atoms with Gasteiger partial charge in [-0.2, -0.15) is 0 Å². The highest BCUT2D eigenvalue weighted by Gasteiger charge is 2.37. The predicted octanol–water partition coefficient (Wildman–Crippen LogP) is 4.90. The Morgan fingerprint density at radius 3 is 2.44 bits per heavy atom. The summed E-state index contributed by atoms with van der Waals surface area (Å²) in [5.74, 6) is -0.587. The zero-order chi connectivity index (χ0) is 24.2. The number of ether oxygens (including phenoxy) is 2. The van der Waals surface area contributed by atoms with Crippen molar-refractivity contribution < 1.29 is 23.9 Å². The number of carbonyl (C=O) groups is 3. The lowest BCUT2D eigenvalue weighted by Crippen LogP contribution is -2.54. The van der Waals surface area contributed by atoms with Crippen LogP contribution in [0.1, 0.15) is 16.7 Å². The third-order valence-corrected chi connectivity index (χ3v) is 5.66. The van der Waals surface area contributed by atoms with Gasteiger partial charge in [-0.3, -0.25) is 14.9 Å². The van der Waals surface area contributed by atoms with Crippen LogP contribution in [0.5, 0.6) is 11.5 Å². The largest absolute Gasteiger partial charge is 0.493 e. The smallest absolute Gasteiger partial charge is 0.335 e. The first-order chi connectivity index (χ1) is 16.4. The first kappa shape index (κ1) is 23.1. The van der Waals surface area contributed by atoms with E-state index in [2.05, 4.69) is 5.32 Å². The van der Waals surface area contributed by atoms with Crippen LogP contribution < -0.4 is 19.7 Å². The second kappa shape index (κ2) is 9.80. The Balaban J connectivity index is 1.61. The SMILES string of the molecule is COc1cc(/C=C2/C(=O)NC(=O)N(c3ccc(C)c(Cl)c3)C2=O)ccc1OCc1ccccc1. The molecule has 1 N–H and O–H groups in total. The van der Waals surface area contributed by atoms with E-state index in [0.717, 1.165) is 16.0 Å². The van der Waals surface area contributed by atoms with E-state index >= 15 is 0 Å². The number of barbiturate groups is 1. The van der Waals surface area contributed by atoms with Crippen molar-refractivity contribution in [2.45, 2.75) is 13.5 Å². The van der Waals surface area contributed by atoms with Crippen LogP contribution in [0.25, 0.3) is 6.08 Å². The van der Waals surface area contributed by atoms with Crippen molar-refractivity contribution in [3.8, 4) is 11.5 Å². The quantitative estimate of drug-likeness (QED) is 0.404. The maximum absolute atomic E-state index is 13.1. The number of anilines is 1. The molecule has 0 aromatic heterocycles. The Morgan fingerprint density at radius 2 is 1.74 bits per heavy atom. The summed E-state index contributed by atoms with van der Waals surface area (Å²) >= 11 is 6.16. The Kier molecular flexibility index (Phi) is 6.65. The van der Waals surface area contributed by atoms with E-state index in [1.807, 2.05) is 30.3 Å². The molecule has 3 aromatic carbocycles. The highest BCUT2D eigenvalue weighted by atomic mass is 35.5. The number of methoxy groups -OCH3 is 1. The molecule has 7 nitrogen and oxygen atoms in total. The monoisotopic (exact) mass is 476 g/mol. The standard InChI is InChI=1S/C26H21ClN2O5/c1-16-8-10-19(14-21(16)27)29-25(31)20(24(30)28-26(29)32)12-18-9-11-22(23(13-18)33-2)34-15-17-6-4-3-5-7-17/h3-14H,15H2,1-2H3,(H,28,30,32)/b20-12-. The first-order valence-electron chi connectivity index (χ1n) is 10.4. The minimum Gasteiger partial charge on any atom is -0.493 e. The maximum Gasteiger partial charge on any atom is 0.335 e. The van der Waals surface area contributed by atoms with Crippen molar-refractivity contribution in [2.24, 2.45) is 0 Å². The Morgan fingerprint density at radius 1 is 0.971 bits per heavy atom. The van der Waals surface area contributed by atoms with Gasteiger partial charge in [0.25, 0.3) is 11.8 Å². The van der Waals surface area contributed by atoms with Gasteiger partial charge in [0.2, 0.25) is 0 Å². The van der Waals surface area contributed by atoms with Crippen LogP contribution in [-0.4, -0.2) is 25.0 Å². The zero-order valence-corrected chi connectivity index (χ0v) is 19.3. The van der Waals surface area contributed by atoms with Gasteiger partial charge in [0.1, 0.15) is 12.2 Å². The number of hydrogen-bond acceptors (Lipinski definition) is 5. The van der Waals surface area contributed by atoms with Crippen LogP contribution in [-0.2, 0) is 16.2 Å². The third-order valence-electron chi connectivity index (χ3n) is 5.25. The number of amides is 4. The minimum absolute atomic E-state index is 0.198. The van der Waals surface area contributed by atoms with Crippen molar-refractivity contribution in [1.29, 1.82) is 0 Å². The summed E-state index contributed by atoms with van der Waals surface area (Å²) in [4.78, 5) is 38.9. The summed E-state index contributed by atoms with van der Waals surface area (Å²) in [5, 5.41) is 2.60. The Bertz CT molecular complexity index is 1300. The van der Waals surface area contributed by atoms with Crippen LogP contribution in [0, 0.1) is 6.92 Å². The molecule has 3 aromatic rings. The number of nitrogens with one attached hydrogen (secondary N) is 1. The first-order valence-corrected chi connectivity index (χ1v) is 10.8. The summed E-state index contributed by atoms with van der Waals surface area (Å²) in [5.41, 5.74) is 2.39. The molecule has 0 unspecified atom stereocenters. The van der Waals surface area contributed by atoms with Crippen LogP contribution in [0.3, 0.4) is 0 Å². The highest BCUT2D eigenvalue weighted by molar-refractivity contribution is 6.39. The molecule has 0 radical (unpaired) electrons. The van der Waals surface area contributed by atoms with Crippen LogP contribution in [0.2, 0.25) is 5.02 Å². The molecule has 0 spiro atoms. The molecule has 0 atom stereocenters. The molecule has 0 saturated carbocycles. The number of rotatable bonds is 6. The molecule has 4 amide bonds. The molecule has 34 heavy (non-hydrogen) atoms. The van der Waals surface area contributed by atoms with Gasteiger partial charge >= 0.3 is 6.03 Å². The van der Waals surface area contributed by atoms with Crippen molar-refractivity contribution in [3.63, 3.8) is 0 Å². The lowest BCUT2D eigenvalue weighted by atomic mass is 10.1. The molecular weight excluding hydrogens is 456 g/mol.